The van der Waals surface area contributed by atoms with Gasteiger partial charge in [-0.1, -0.05) is 23.8 Å². The van der Waals surface area contributed by atoms with Crippen molar-refractivity contribution in [3.8, 4) is 0 Å². The van der Waals surface area contributed by atoms with Gasteiger partial charge in [0.1, 0.15) is 0 Å². The Balaban J connectivity index is 1.52. The monoisotopic (exact) mass is 324 g/mol. The summed E-state index contributed by atoms with van der Waals surface area (Å²) in [7, 11) is 0. The van der Waals surface area contributed by atoms with Gasteiger partial charge in [0.25, 0.3) is 0 Å². The molecule has 1 fully saturated rings. The smallest absolute Gasteiger partial charge is 0.229 e. The van der Waals surface area contributed by atoms with Gasteiger partial charge in [-0.15, -0.1) is 0 Å². The number of nitrogens with zero attached hydrogens (tertiary/aromatic N) is 3. The number of aromatic nitrogens is 2. The molecule has 5 nitrogen and oxygen atoms in total. The Bertz CT molecular complexity index is 694. The second-order valence-corrected chi connectivity index (χ2v) is 6.54. The number of piperidine rings is 1. The summed E-state index contributed by atoms with van der Waals surface area (Å²) in [6.45, 7) is 7.14. The van der Waals surface area contributed by atoms with Gasteiger partial charge in [-0.05, 0) is 57.0 Å². The van der Waals surface area contributed by atoms with Gasteiger partial charge in [-0.25, -0.2) is 9.97 Å². The molecule has 5 heteroatoms. The number of aryl methyl sites for hydroxylation is 2. The molecule has 0 atom stereocenters. The first-order chi connectivity index (χ1) is 11.6. The van der Waals surface area contributed by atoms with Gasteiger partial charge in [-0.2, -0.15) is 0 Å². The molecule has 2 heterocycles. The highest BCUT2D eigenvalue weighted by atomic mass is 16.2. The molecular weight excluding hydrogens is 300 g/mol. The van der Waals surface area contributed by atoms with Crippen LogP contribution in [-0.4, -0.2) is 33.9 Å². The van der Waals surface area contributed by atoms with Crippen molar-refractivity contribution >= 4 is 11.9 Å². The minimum atomic E-state index is 0.0348. The number of hydrogen-bond donors (Lipinski definition) is 1. The minimum absolute atomic E-state index is 0.0348. The molecule has 1 amide bonds. The van der Waals surface area contributed by atoms with E-state index in [2.05, 4.69) is 52.2 Å². The maximum absolute atomic E-state index is 12.3. The van der Waals surface area contributed by atoms with Crippen LogP contribution in [0, 0.1) is 19.8 Å². The van der Waals surface area contributed by atoms with Gasteiger partial charge in [0.2, 0.25) is 11.9 Å². The second-order valence-electron chi connectivity index (χ2n) is 6.54. The molecule has 0 bridgehead atoms. The molecule has 0 spiro atoms. The van der Waals surface area contributed by atoms with Gasteiger partial charge in [0, 0.05) is 24.9 Å². The zero-order valence-electron chi connectivity index (χ0n) is 14.3. The Morgan fingerprint density at radius 3 is 2.62 bits per heavy atom. The van der Waals surface area contributed by atoms with Gasteiger partial charge in [0.15, 0.2) is 0 Å². The third kappa shape index (κ3) is 4.17. The third-order valence-corrected chi connectivity index (χ3v) is 4.66. The summed E-state index contributed by atoms with van der Waals surface area (Å²) in [5.41, 5.74) is 4.02. The molecule has 1 aliphatic heterocycles. The quantitative estimate of drug-likeness (QED) is 0.939. The minimum Gasteiger partial charge on any atom is -0.299 e. The first-order valence-electron chi connectivity index (χ1n) is 8.48. The Morgan fingerprint density at radius 2 is 1.92 bits per heavy atom. The van der Waals surface area contributed by atoms with Crippen molar-refractivity contribution in [3.63, 3.8) is 0 Å². The van der Waals surface area contributed by atoms with Crippen molar-refractivity contribution in [3.05, 3.63) is 53.3 Å². The van der Waals surface area contributed by atoms with E-state index >= 15 is 0 Å². The molecule has 2 aromatic rings. The first-order valence-corrected chi connectivity index (χ1v) is 8.48. The number of anilines is 1. The lowest BCUT2D eigenvalue weighted by Crippen LogP contribution is -2.38. The zero-order chi connectivity index (χ0) is 16.9. The molecule has 0 radical (unpaired) electrons. The fourth-order valence-corrected chi connectivity index (χ4v) is 3.14. The van der Waals surface area contributed by atoms with E-state index < -0.39 is 0 Å². The molecular formula is C19H24N4O. The summed E-state index contributed by atoms with van der Waals surface area (Å²) in [6.07, 6.45) is 5.03. The van der Waals surface area contributed by atoms with E-state index in [1.54, 1.807) is 18.5 Å². The number of amides is 1. The average Bonchev–Trinajstić information content (AvgIpc) is 2.60. The number of likely N-dealkylation sites (tertiary alicyclic amines) is 1. The van der Waals surface area contributed by atoms with Crippen LogP contribution in [0.15, 0.2) is 36.7 Å². The molecule has 0 unspecified atom stereocenters. The summed E-state index contributed by atoms with van der Waals surface area (Å²) < 4.78 is 0. The standard InChI is InChI=1S/C19H24N4O/c1-14-4-5-15(2)17(12-14)13-23-10-6-16(7-11-23)18(24)22-19-20-8-3-9-21-19/h3-5,8-9,12,16H,6-7,10-11,13H2,1-2H3,(H,20,21,22,24). The molecule has 0 aliphatic carbocycles. The van der Waals surface area contributed by atoms with E-state index in [1.807, 2.05) is 0 Å². The van der Waals surface area contributed by atoms with Crippen LogP contribution in [-0.2, 0) is 11.3 Å². The van der Waals surface area contributed by atoms with Crippen molar-refractivity contribution in [2.24, 2.45) is 5.92 Å². The lowest BCUT2D eigenvalue weighted by molar-refractivity contribution is -0.121. The lowest BCUT2D eigenvalue weighted by atomic mass is 9.95. The molecule has 1 aliphatic rings. The number of carbonyl (C=O) groups excluding carboxylic acids is 1. The van der Waals surface area contributed by atoms with E-state index in [9.17, 15) is 4.79 Å². The Morgan fingerprint density at radius 1 is 1.21 bits per heavy atom. The van der Waals surface area contributed by atoms with Crippen molar-refractivity contribution < 1.29 is 4.79 Å². The predicted octanol–water partition coefficient (Wildman–Crippen LogP) is 2.94. The number of hydrogen-bond acceptors (Lipinski definition) is 4. The predicted molar refractivity (Wildman–Crippen MR) is 94.6 cm³/mol. The maximum Gasteiger partial charge on any atom is 0.229 e. The molecule has 1 N–H and O–H groups in total. The van der Waals surface area contributed by atoms with Crippen LogP contribution in [0.5, 0.6) is 0 Å². The normalized spacial score (nSPS) is 16.1. The van der Waals surface area contributed by atoms with E-state index in [1.165, 1.54) is 16.7 Å². The van der Waals surface area contributed by atoms with Crippen molar-refractivity contribution in [2.45, 2.75) is 33.2 Å². The van der Waals surface area contributed by atoms with Crippen LogP contribution in [0.2, 0.25) is 0 Å². The Labute approximate surface area is 143 Å². The average molecular weight is 324 g/mol. The Hall–Kier alpha value is -2.27. The van der Waals surface area contributed by atoms with Crippen LogP contribution in [0.25, 0.3) is 0 Å². The van der Waals surface area contributed by atoms with Gasteiger partial charge in [-0.3, -0.25) is 15.0 Å². The van der Waals surface area contributed by atoms with Crippen molar-refractivity contribution in [2.75, 3.05) is 18.4 Å². The third-order valence-electron chi connectivity index (χ3n) is 4.66. The number of rotatable bonds is 4. The summed E-state index contributed by atoms with van der Waals surface area (Å²) in [4.78, 5) is 22.9. The summed E-state index contributed by atoms with van der Waals surface area (Å²) >= 11 is 0. The highest BCUT2D eigenvalue weighted by Gasteiger charge is 2.25. The summed E-state index contributed by atoms with van der Waals surface area (Å²) in [6, 6.07) is 8.34. The van der Waals surface area contributed by atoms with Crippen LogP contribution < -0.4 is 5.32 Å². The SMILES string of the molecule is Cc1ccc(C)c(CN2CCC(C(=O)Nc3ncccn3)CC2)c1. The van der Waals surface area contributed by atoms with Crippen molar-refractivity contribution in [1.82, 2.24) is 14.9 Å². The lowest BCUT2D eigenvalue weighted by Gasteiger charge is -2.31. The number of nitrogens with one attached hydrogen (secondary N) is 1. The topological polar surface area (TPSA) is 58.1 Å². The summed E-state index contributed by atoms with van der Waals surface area (Å²) in [5, 5.41) is 2.81. The van der Waals surface area contributed by atoms with E-state index in [-0.39, 0.29) is 11.8 Å². The van der Waals surface area contributed by atoms with Crippen LogP contribution in [0.3, 0.4) is 0 Å². The maximum atomic E-state index is 12.3. The highest BCUT2D eigenvalue weighted by Crippen LogP contribution is 2.21. The van der Waals surface area contributed by atoms with Gasteiger partial charge >= 0.3 is 0 Å². The number of carbonyl (C=O) groups is 1. The second kappa shape index (κ2) is 7.53. The fraction of sp³-hybridized carbons (Fsp3) is 0.421. The van der Waals surface area contributed by atoms with Gasteiger partial charge in [0.05, 0.1) is 0 Å². The Kier molecular flexibility index (Phi) is 5.20. The molecule has 24 heavy (non-hydrogen) atoms. The molecule has 3 rings (SSSR count). The van der Waals surface area contributed by atoms with Crippen LogP contribution in [0.4, 0.5) is 5.95 Å². The number of benzene rings is 1. The molecule has 1 aromatic carbocycles. The molecule has 126 valence electrons. The zero-order valence-corrected chi connectivity index (χ0v) is 14.3. The highest BCUT2D eigenvalue weighted by molar-refractivity contribution is 5.90. The van der Waals surface area contributed by atoms with E-state index in [0.29, 0.717) is 5.95 Å². The largest absolute Gasteiger partial charge is 0.299 e. The fourth-order valence-electron chi connectivity index (χ4n) is 3.14. The van der Waals surface area contributed by atoms with Crippen LogP contribution in [0.1, 0.15) is 29.5 Å². The molecule has 0 saturated carbocycles. The van der Waals surface area contributed by atoms with Crippen LogP contribution >= 0.6 is 0 Å². The summed E-state index contributed by atoms with van der Waals surface area (Å²) in [5.74, 6) is 0.469. The van der Waals surface area contributed by atoms with E-state index in [4.69, 9.17) is 0 Å². The molecule has 1 saturated heterocycles. The van der Waals surface area contributed by atoms with Crippen molar-refractivity contribution in [1.29, 1.82) is 0 Å². The molecule has 1 aromatic heterocycles. The van der Waals surface area contributed by atoms with E-state index in [0.717, 1.165) is 32.5 Å². The first kappa shape index (κ1) is 16.6. The van der Waals surface area contributed by atoms with Gasteiger partial charge < -0.3 is 0 Å².